The zero-order valence-electron chi connectivity index (χ0n) is 16.8. The molecule has 3 heterocycles. The van der Waals surface area contributed by atoms with Gasteiger partial charge < -0.3 is 9.88 Å². The SMILES string of the molecule is CC(C)c1cc(C(=O)N2CCc3[nH]c4ccccc4c3C2)nn1C(C)(C)C. The molecule has 1 N–H and O–H groups in total. The largest absolute Gasteiger partial charge is 0.358 e. The molecule has 0 fully saturated rings. The summed E-state index contributed by atoms with van der Waals surface area (Å²) in [5.74, 6) is 0.343. The monoisotopic (exact) mass is 364 g/mol. The molecular weight excluding hydrogens is 336 g/mol. The lowest BCUT2D eigenvalue weighted by atomic mass is 10.0. The highest BCUT2D eigenvalue weighted by Crippen LogP contribution is 2.29. The predicted molar refractivity (Wildman–Crippen MR) is 108 cm³/mol. The Kier molecular flexibility index (Phi) is 4.13. The summed E-state index contributed by atoms with van der Waals surface area (Å²) < 4.78 is 2.01. The maximum absolute atomic E-state index is 13.2. The van der Waals surface area contributed by atoms with Gasteiger partial charge in [0.05, 0.1) is 5.54 Å². The molecule has 0 radical (unpaired) electrons. The van der Waals surface area contributed by atoms with E-state index in [1.807, 2.05) is 21.7 Å². The maximum atomic E-state index is 13.2. The number of carbonyl (C=O) groups is 1. The Morgan fingerprint density at radius 2 is 1.96 bits per heavy atom. The predicted octanol–water partition coefficient (Wildman–Crippen LogP) is 4.44. The van der Waals surface area contributed by atoms with Crippen LogP contribution in [0.3, 0.4) is 0 Å². The van der Waals surface area contributed by atoms with Crippen molar-refractivity contribution in [3.05, 3.63) is 53.0 Å². The molecule has 0 unspecified atom stereocenters. The summed E-state index contributed by atoms with van der Waals surface area (Å²) in [5, 5.41) is 5.92. The van der Waals surface area contributed by atoms with Gasteiger partial charge in [0.25, 0.3) is 5.91 Å². The van der Waals surface area contributed by atoms with Gasteiger partial charge in [-0.2, -0.15) is 5.10 Å². The van der Waals surface area contributed by atoms with Crippen LogP contribution in [0.1, 0.15) is 68.0 Å². The molecule has 5 nitrogen and oxygen atoms in total. The molecular formula is C22H28N4O. The van der Waals surface area contributed by atoms with Crippen molar-refractivity contribution in [2.75, 3.05) is 6.54 Å². The number of nitrogens with zero attached hydrogens (tertiary/aromatic N) is 3. The van der Waals surface area contributed by atoms with Gasteiger partial charge in [-0.05, 0) is 38.8 Å². The standard InChI is InChI=1S/C22H28N4O/c1-14(2)20-12-19(24-26(20)22(3,4)5)21(27)25-11-10-18-16(13-25)15-8-6-7-9-17(15)23-18/h6-9,12,14,23H,10-11,13H2,1-5H3. The van der Waals surface area contributed by atoms with Gasteiger partial charge in [0.2, 0.25) is 0 Å². The van der Waals surface area contributed by atoms with Crippen molar-refractivity contribution < 1.29 is 4.79 Å². The molecule has 1 aromatic carbocycles. The molecule has 0 bridgehead atoms. The van der Waals surface area contributed by atoms with Gasteiger partial charge in [-0.15, -0.1) is 0 Å². The summed E-state index contributed by atoms with van der Waals surface area (Å²) >= 11 is 0. The Morgan fingerprint density at radius 3 is 2.63 bits per heavy atom. The molecule has 142 valence electrons. The number of H-pyrrole nitrogens is 1. The molecule has 1 amide bonds. The number of fused-ring (bicyclic) bond motifs is 3. The minimum atomic E-state index is -0.149. The van der Waals surface area contributed by atoms with E-state index in [0.717, 1.165) is 24.2 Å². The lowest BCUT2D eigenvalue weighted by Gasteiger charge is -2.27. The van der Waals surface area contributed by atoms with E-state index in [-0.39, 0.29) is 11.4 Å². The van der Waals surface area contributed by atoms with E-state index in [0.29, 0.717) is 18.2 Å². The van der Waals surface area contributed by atoms with Crippen LogP contribution in [0, 0.1) is 0 Å². The van der Waals surface area contributed by atoms with Crippen LogP contribution in [0.15, 0.2) is 30.3 Å². The first-order valence-corrected chi connectivity index (χ1v) is 9.74. The summed E-state index contributed by atoms with van der Waals surface area (Å²) in [5.41, 5.74) is 5.15. The maximum Gasteiger partial charge on any atom is 0.274 e. The topological polar surface area (TPSA) is 53.9 Å². The van der Waals surface area contributed by atoms with Crippen LogP contribution in [0.5, 0.6) is 0 Å². The number of rotatable bonds is 2. The first-order chi connectivity index (χ1) is 12.8. The van der Waals surface area contributed by atoms with E-state index < -0.39 is 0 Å². The smallest absolute Gasteiger partial charge is 0.274 e. The molecule has 0 spiro atoms. The van der Waals surface area contributed by atoms with Gasteiger partial charge in [0.1, 0.15) is 0 Å². The van der Waals surface area contributed by atoms with Gasteiger partial charge in [0, 0.05) is 47.4 Å². The Bertz CT molecular complexity index is 1000. The van der Waals surface area contributed by atoms with Crippen LogP contribution in [0.2, 0.25) is 0 Å². The number of nitrogens with one attached hydrogen (secondary N) is 1. The van der Waals surface area contributed by atoms with Crippen LogP contribution in [-0.2, 0) is 18.5 Å². The van der Waals surface area contributed by atoms with Crippen LogP contribution in [0.4, 0.5) is 0 Å². The number of carbonyl (C=O) groups excluding carboxylic acids is 1. The molecule has 5 heteroatoms. The van der Waals surface area contributed by atoms with Crippen molar-refractivity contribution in [1.29, 1.82) is 0 Å². The van der Waals surface area contributed by atoms with Crippen LogP contribution < -0.4 is 0 Å². The summed E-state index contributed by atoms with van der Waals surface area (Å²) in [6, 6.07) is 10.3. The van der Waals surface area contributed by atoms with E-state index in [1.165, 1.54) is 16.6 Å². The highest BCUT2D eigenvalue weighted by molar-refractivity contribution is 5.93. The molecule has 0 saturated carbocycles. The number of para-hydroxylation sites is 1. The molecule has 27 heavy (non-hydrogen) atoms. The summed E-state index contributed by atoms with van der Waals surface area (Å²) in [4.78, 5) is 18.7. The van der Waals surface area contributed by atoms with Crippen molar-refractivity contribution in [1.82, 2.24) is 19.7 Å². The van der Waals surface area contributed by atoms with Crippen molar-refractivity contribution in [3.8, 4) is 0 Å². The zero-order valence-corrected chi connectivity index (χ0v) is 16.8. The van der Waals surface area contributed by atoms with E-state index in [4.69, 9.17) is 5.10 Å². The highest BCUT2D eigenvalue weighted by Gasteiger charge is 2.29. The molecule has 0 atom stereocenters. The van der Waals surface area contributed by atoms with Crippen molar-refractivity contribution in [2.24, 2.45) is 0 Å². The average Bonchev–Trinajstić information content (AvgIpc) is 3.22. The van der Waals surface area contributed by atoms with Crippen molar-refractivity contribution >= 4 is 16.8 Å². The second-order valence-corrected chi connectivity index (χ2v) is 8.80. The van der Waals surface area contributed by atoms with E-state index in [2.05, 4.69) is 57.8 Å². The third-order valence-corrected chi connectivity index (χ3v) is 5.35. The van der Waals surface area contributed by atoms with E-state index in [9.17, 15) is 4.79 Å². The van der Waals surface area contributed by atoms with E-state index in [1.54, 1.807) is 0 Å². The molecule has 1 aliphatic heterocycles. The summed E-state index contributed by atoms with van der Waals surface area (Å²) in [7, 11) is 0. The fourth-order valence-corrected chi connectivity index (χ4v) is 3.95. The first kappa shape index (κ1) is 17.8. The Hall–Kier alpha value is -2.56. The van der Waals surface area contributed by atoms with Gasteiger partial charge in [0.15, 0.2) is 5.69 Å². The Morgan fingerprint density at radius 1 is 1.22 bits per heavy atom. The number of benzene rings is 1. The number of hydrogen-bond donors (Lipinski definition) is 1. The molecule has 3 aromatic rings. The summed E-state index contributed by atoms with van der Waals surface area (Å²) in [6.07, 6.45) is 0.854. The summed E-state index contributed by atoms with van der Waals surface area (Å²) in [6.45, 7) is 12.0. The molecule has 1 aliphatic rings. The molecule has 2 aromatic heterocycles. The minimum Gasteiger partial charge on any atom is -0.358 e. The Balaban J connectivity index is 1.66. The quantitative estimate of drug-likeness (QED) is 0.731. The number of aromatic nitrogens is 3. The van der Waals surface area contributed by atoms with Crippen LogP contribution in [0.25, 0.3) is 10.9 Å². The molecule has 0 aliphatic carbocycles. The fourth-order valence-electron chi connectivity index (χ4n) is 3.95. The molecule has 0 saturated heterocycles. The molecule has 4 rings (SSSR count). The zero-order chi connectivity index (χ0) is 19.3. The van der Waals surface area contributed by atoms with Gasteiger partial charge >= 0.3 is 0 Å². The van der Waals surface area contributed by atoms with Gasteiger partial charge in [-0.3, -0.25) is 9.48 Å². The number of hydrogen-bond acceptors (Lipinski definition) is 2. The average molecular weight is 364 g/mol. The van der Waals surface area contributed by atoms with E-state index >= 15 is 0 Å². The second kappa shape index (κ2) is 6.25. The highest BCUT2D eigenvalue weighted by atomic mass is 16.2. The minimum absolute atomic E-state index is 0.0239. The number of amides is 1. The van der Waals surface area contributed by atoms with Gasteiger partial charge in [-0.25, -0.2) is 0 Å². The van der Waals surface area contributed by atoms with Crippen LogP contribution in [-0.4, -0.2) is 32.1 Å². The second-order valence-electron chi connectivity index (χ2n) is 8.80. The third-order valence-electron chi connectivity index (χ3n) is 5.35. The van der Waals surface area contributed by atoms with Crippen molar-refractivity contribution in [3.63, 3.8) is 0 Å². The third kappa shape index (κ3) is 3.05. The number of aromatic amines is 1. The fraction of sp³-hybridized carbons (Fsp3) is 0.455. The normalized spacial score (nSPS) is 14.8. The first-order valence-electron chi connectivity index (χ1n) is 9.74. The lowest BCUT2D eigenvalue weighted by Crippen LogP contribution is -2.36. The van der Waals surface area contributed by atoms with Gasteiger partial charge in [-0.1, -0.05) is 32.0 Å². The van der Waals surface area contributed by atoms with Crippen LogP contribution >= 0.6 is 0 Å². The lowest BCUT2D eigenvalue weighted by molar-refractivity contribution is 0.0727. The van der Waals surface area contributed by atoms with Crippen molar-refractivity contribution in [2.45, 2.75) is 59.0 Å². The Labute approximate surface area is 160 Å².